The van der Waals surface area contributed by atoms with E-state index >= 15 is 0 Å². The summed E-state index contributed by atoms with van der Waals surface area (Å²) in [5.41, 5.74) is 3.21. The Hall–Kier alpha value is -2.17. The van der Waals surface area contributed by atoms with E-state index in [1.54, 1.807) is 0 Å². The number of carbonyl (C=O) groups excluding carboxylic acids is 1. The zero-order valence-electron chi connectivity index (χ0n) is 15.6. The van der Waals surface area contributed by atoms with Crippen molar-refractivity contribution < 1.29 is 4.79 Å². The molecule has 138 valence electrons. The summed E-state index contributed by atoms with van der Waals surface area (Å²) < 4.78 is 0. The number of nitrogens with zero attached hydrogens (tertiary/aromatic N) is 1. The lowest BCUT2D eigenvalue weighted by Crippen LogP contribution is -2.39. The van der Waals surface area contributed by atoms with E-state index in [4.69, 9.17) is 0 Å². The molecule has 26 heavy (non-hydrogen) atoms. The van der Waals surface area contributed by atoms with Crippen molar-refractivity contribution in [3.63, 3.8) is 0 Å². The number of benzene rings is 2. The summed E-state index contributed by atoms with van der Waals surface area (Å²) in [5, 5.41) is 6.25. The zero-order valence-corrected chi connectivity index (χ0v) is 15.6. The SMILES string of the molecule is CNCCC1CCN(CC(=O)Nc2ccc(-c3ccccc3)cc2)CC1. The van der Waals surface area contributed by atoms with E-state index in [2.05, 4.69) is 39.8 Å². The van der Waals surface area contributed by atoms with Gasteiger partial charge in [0.15, 0.2) is 0 Å². The highest BCUT2D eigenvalue weighted by Crippen LogP contribution is 2.22. The second kappa shape index (κ2) is 9.51. The average molecular weight is 351 g/mol. The largest absolute Gasteiger partial charge is 0.325 e. The third kappa shape index (κ3) is 5.41. The summed E-state index contributed by atoms with van der Waals surface area (Å²) in [5.74, 6) is 0.874. The van der Waals surface area contributed by atoms with Gasteiger partial charge < -0.3 is 10.6 Å². The second-order valence-corrected chi connectivity index (χ2v) is 7.10. The average Bonchev–Trinajstić information content (AvgIpc) is 2.69. The molecule has 0 radical (unpaired) electrons. The summed E-state index contributed by atoms with van der Waals surface area (Å²) in [7, 11) is 2.01. The lowest BCUT2D eigenvalue weighted by molar-refractivity contribution is -0.117. The Morgan fingerprint density at radius 3 is 2.31 bits per heavy atom. The Bertz CT molecular complexity index is 676. The standard InChI is InChI=1S/C22H29N3O/c1-23-14-11-18-12-15-25(16-13-18)17-22(26)24-21-9-7-20(8-10-21)19-5-3-2-4-6-19/h2-10,18,23H,11-17H2,1H3,(H,24,26). The molecule has 1 heterocycles. The third-order valence-electron chi connectivity index (χ3n) is 5.15. The van der Waals surface area contributed by atoms with Gasteiger partial charge in [-0.3, -0.25) is 9.69 Å². The molecule has 0 aromatic heterocycles. The molecule has 0 spiro atoms. The first-order valence-corrected chi connectivity index (χ1v) is 9.57. The van der Waals surface area contributed by atoms with Crippen molar-refractivity contribution in [2.24, 2.45) is 5.92 Å². The van der Waals surface area contributed by atoms with Gasteiger partial charge in [0.05, 0.1) is 6.54 Å². The molecule has 4 heteroatoms. The van der Waals surface area contributed by atoms with E-state index in [0.29, 0.717) is 6.54 Å². The molecule has 0 atom stereocenters. The Labute approximate surface area is 156 Å². The molecule has 1 amide bonds. The summed E-state index contributed by atoms with van der Waals surface area (Å²) in [6.45, 7) is 3.62. The molecular weight excluding hydrogens is 322 g/mol. The lowest BCUT2D eigenvalue weighted by atomic mass is 9.93. The molecule has 0 saturated carbocycles. The van der Waals surface area contributed by atoms with Crippen LogP contribution in [0.25, 0.3) is 11.1 Å². The highest BCUT2D eigenvalue weighted by Gasteiger charge is 2.20. The van der Waals surface area contributed by atoms with Crippen LogP contribution in [0.5, 0.6) is 0 Å². The van der Waals surface area contributed by atoms with Gasteiger partial charge in [0, 0.05) is 5.69 Å². The number of hydrogen-bond acceptors (Lipinski definition) is 3. The first kappa shape index (κ1) is 18.6. The summed E-state index contributed by atoms with van der Waals surface area (Å²) >= 11 is 0. The molecule has 0 bridgehead atoms. The van der Waals surface area contributed by atoms with Crippen molar-refractivity contribution in [3.05, 3.63) is 54.6 Å². The molecule has 2 N–H and O–H groups in total. The van der Waals surface area contributed by atoms with Gasteiger partial charge in [-0.15, -0.1) is 0 Å². The minimum Gasteiger partial charge on any atom is -0.325 e. The molecule has 2 aromatic rings. The van der Waals surface area contributed by atoms with Gasteiger partial charge in [-0.1, -0.05) is 42.5 Å². The monoisotopic (exact) mass is 351 g/mol. The van der Waals surface area contributed by atoms with E-state index in [1.165, 1.54) is 24.8 Å². The van der Waals surface area contributed by atoms with Gasteiger partial charge >= 0.3 is 0 Å². The zero-order chi connectivity index (χ0) is 18.2. The molecule has 0 aliphatic carbocycles. The minimum absolute atomic E-state index is 0.0751. The van der Waals surface area contributed by atoms with Crippen LogP contribution in [0.1, 0.15) is 19.3 Å². The molecule has 2 aromatic carbocycles. The van der Waals surface area contributed by atoms with E-state index in [-0.39, 0.29) is 5.91 Å². The molecule has 4 nitrogen and oxygen atoms in total. The molecular formula is C22H29N3O. The number of piperidine rings is 1. The summed E-state index contributed by atoms with van der Waals surface area (Å²) in [4.78, 5) is 14.6. The van der Waals surface area contributed by atoms with Crippen LogP contribution < -0.4 is 10.6 Å². The predicted octanol–water partition coefficient (Wildman–Crippen LogP) is 3.61. The van der Waals surface area contributed by atoms with Crippen LogP contribution in [0.2, 0.25) is 0 Å². The van der Waals surface area contributed by atoms with Crippen molar-refractivity contribution in [2.75, 3.05) is 38.5 Å². The highest BCUT2D eigenvalue weighted by molar-refractivity contribution is 5.92. The summed E-state index contributed by atoms with van der Waals surface area (Å²) in [6.07, 6.45) is 3.63. The second-order valence-electron chi connectivity index (χ2n) is 7.10. The maximum Gasteiger partial charge on any atom is 0.238 e. The van der Waals surface area contributed by atoms with Crippen molar-refractivity contribution in [3.8, 4) is 11.1 Å². The number of amides is 1. The van der Waals surface area contributed by atoms with Gasteiger partial charge in [0.25, 0.3) is 0 Å². The molecule has 1 aliphatic heterocycles. The van der Waals surface area contributed by atoms with Gasteiger partial charge in [0.2, 0.25) is 5.91 Å². The number of hydrogen-bond donors (Lipinski definition) is 2. The van der Waals surface area contributed by atoms with Crippen LogP contribution in [-0.2, 0) is 4.79 Å². The maximum atomic E-state index is 12.3. The fourth-order valence-electron chi connectivity index (χ4n) is 3.56. The van der Waals surface area contributed by atoms with Gasteiger partial charge in [-0.25, -0.2) is 0 Å². The molecule has 1 aliphatic rings. The molecule has 3 rings (SSSR count). The fraction of sp³-hybridized carbons (Fsp3) is 0.409. The number of likely N-dealkylation sites (tertiary alicyclic amines) is 1. The van der Waals surface area contributed by atoms with E-state index in [1.807, 2.05) is 37.4 Å². The Balaban J connectivity index is 1.45. The Morgan fingerprint density at radius 2 is 1.65 bits per heavy atom. The van der Waals surface area contributed by atoms with Gasteiger partial charge in [0.1, 0.15) is 0 Å². The summed E-state index contributed by atoms with van der Waals surface area (Å²) in [6, 6.07) is 18.3. The smallest absolute Gasteiger partial charge is 0.238 e. The lowest BCUT2D eigenvalue weighted by Gasteiger charge is -2.31. The van der Waals surface area contributed by atoms with Crippen LogP contribution in [0.3, 0.4) is 0 Å². The first-order valence-electron chi connectivity index (χ1n) is 9.57. The number of anilines is 1. The van der Waals surface area contributed by atoms with E-state index in [9.17, 15) is 4.79 Å². The third-order valence-corrected chi connectivity index (χ3v) is 5.15. The predicted molar refractivity (Wildman–Crippen MR) is 108 cm³/mol. The Kier molecular flexibility index (Phi) is 6.81. The van der Waals surface area contributed by atoms with Crippen LogP contribution in [0.15, 0.2) is 54.6 Å². The molecule has 1 saturated heterocycles. The Morgan fingerprint density at radius 1 is 1.00 bits per heavy atom. The van der Waals surface area contributed by atoms with Crippen LogP contribution in [0, 0.1) is 5.92 Å². The number of carbonyl (C=O) groups is 1. The van der Waals surface area contributed by atoms with Crippen molar-refractivity contribution >= 4 is 11.6 Å². The van der Waals surface area contributed by atoms with Crippen LogP contribution >= 0.6 is 0 Å². The first-order chi connectivity index (χ1) is 12.7. The quantitative estimate of drug-likeness (QED) is 0.801. The van der Waals surface area contributed by atoms with Gasteiger partial charge in [-0.2, -0.15) is 0 Å². The molecule has 0 unspecified atom stereocenters. The molecule has 1 fully saturated rings. The topological polar surface area (TPSA) is 44.4 Å². The van der Waals surface area contributed by atoms with Gasteiger partial charge in [-0.05, 0) is 75.1 Å². The van der Waals surface area contributed by atoms with E-state index in [0.717, 1.165) is 36.8 Å². The van der Waals surface area contributed by atoms with E-state index < -0.39 is 0 Å². The number of nitrogens with one attached hydrogen (secondary N) is 2. The highest BCUT2D eigenvalue weighted by atomic mass is 16.2. The normalized spacial score (nSPS) is 15.7. The number of rotatable bonds is 7. The minimum atomic E-state index is 0.0751. The van der Waals surface area contributed by atoms with Crippen molar-refractivity contribution in [1.29, 1.82) is 0 Å². The van der Waals surface area contributed by atoms with Crippen molar-refractivity contribution in [1.82, 2.24) is 10.2 Å². The van der Waals surface area contributed by atoms with Crippen LogP contribution in [-0.4, -0.2) is 44.0 Å². The fourth-order valence-corrected chi connectivity index (χ4v) is 3.56. The van der Waals surface area contributed by atoms with Crippen molar-refractivity contribution in [2.45, 2.75) is 19.3 Å². The van der Waals surface area contributed by atoms with Crippen LogP contribution in [0.4, 0.5) is 5.69 Å². The maximum absolute atomic E-state index is 12.3.